The van der Waals surface area contributed by atoms with Crippen LogP contribution in [0.3, 0.4) is 0 Å². The highest BCUT2D eigenvalue weighted by Crippen LogP contribution is 2.27. The molecule has 9 nitrogen and oxygen atoms in total. The van der Waals surface area contributed by atoms with Crippen LogP contribution in [-0.2, 0) is 16.0 Å². The SMILES string of the molecule is Cc1ccc(C[C@H]2CO[C@@H](C(=O)NC(C)(C)C)CN2C2CCN(c3n[nH]c(N)n3)CC2)cc1. The fourth-order valence-corrected chi connectivity index (χ4v) is 4.75. The maximum absolute atomic E-state index is 12.9. The number of amides is 1. The van der Waals surface area contributed by atoms with Gasteiger partial charge < -0.3 is 20.7 Å². The van der Waals surface area contributed by atoms with Gasteiger partial charge in [-0.05, 0) is 52.5 Å². The lowest BCUT2D eigenvalue weighted by Gasteiger charge is -2.46. The van der Waals surface area contributed by atoms with E-state index in [0.29, 0.717) is 31.1 Å². The predicted octanol–water partition coefficient (Wildman–Crippen LogP) is 1.89. The number of hydrogen-bond acceptors (Lipinski definition) is 7. The molecule has 9 heteroatoms. The minimum atomic E-state index is -0.454. The van der Waals surface area contributed by atoms with E-state index in [1.165, 1.54) is 11.1 Å². The van der Waals surface area contributed by atoms with Crippen molar-refractivity contribution in [3.05, 3.63) is 35.4 Å². The Morgan fingerprint density at radius 2 is 1.94 bits per heavy atom. The van der Waals surface area contributed by atoms with Crippen LogP contribution in [0.25, 0.3) is 0 Å². The van der Waals surface area contributed by atoms with Crippen LogP contribution < -0.4 is 16.0 Å². The molecule has 4 N–H and O–H groups in total. The molecule has 0 aliphatic carbocycles. The number of nitrogens with one attached hydrogen (secondary N) is 2. The van der Waals surface area contributed by atoms with Crippen molar-refractivity contribution in [3.8, 4) is 0 Å². The Kier molecular flexibility index (Phi) is 6.90. The highest BCUT2D eigenvalue weighted by Gasteiger charge is 2.38. The number of piperidine rings is 1. The fourth-order valence-electron chi connectivity index (χ4n) is 4.75. The Bertz CT molecular complexity index is 929. The van der Waals surface area contributed by atoms with E-state index in [-0.39, 0.29) is 17.5 Å². The summed E-state index contributed by atoms with van der Waals surface area (Å²) < 4.78 is 6.11. The van der Waals surface area contributed by atoms with Crippen LogP contribution in [0.4, 0.5) is 11.9 Å². The molecule has 0 bridgehead atoms. The van der Waals surface area contributed by atoms with Crippen LogP contribution in [0.2, 0.25) is 0 Å². The van der Waals surface area contributed by atoms with E-state index in [2.05, 4.69) is 61.5 Å². The van der Waals surface area contributed by atoms with Crippen LogP contribution in [0.15, 0.2) is 24.3 Å². The van der Waals surface area contributed by atoms with Gasteiger partial charge in [0.1, 0.15) is 6.10 Å². The lowest BCUT2D eigenvalue weighted by atomic mass is 9.95. The summed E-state index contributed by atoms with van der Waals surface area (Å²) >= 11 is 0. The molecule has 4 rings (SSSR count). The molecule has 1 aromatic heterocycles. The zero-order valence-electron chi connectivity index (χ0n) is 20.2. The summed E-state index contributed by atoms with van der Waals surface area (Å²) in [5.74, 6) is 0.965. The van der Waals surface area contributed by atoms with Crippen molar-refractivity contribution in [2.75, 3.05) is 36.9 Å². The first-order valence-electron chi connectivity index (χ1n) is 11.9. The first-order chi connectivity index (χ1) is 15.7. The number of carbonyl (C=O) groups excluding carboxylic acids is 1. The minimum Gasteiger partial charge on any atom is -0.368 e. The Hall–Kier alpha value is -2.65. The minimum absolute atomic E-state index is 0.0325. The van der Waals surface area contributed by atoms with Crippen molar-refractivity contribution in [1.82, 2.24) is 25.4 Å². The second kappa shape index (κ2) is 9.69. The summed E-state index contributed by atoms with van der Waals surface area (Å²) in [4.78, 5) is 21.8. The third kappa shape index (κ3) is 6.03. The molecule has 33 heavy (non-hydrogen) atoms. The first-order valence-corrected chi connectivity index (χ1v) is 11.9. The maximum atomic E-state index is 12.9. The molecule has 2 saturated heterocycles. The van der Waals surface area contributed by atoms with E-state index >= 15 is 0 Å². The summed E-state index contributed by atoms with van der Waals surface area (Å²) in [6.45, 7) is 11.0. The van der Waals surface area contributed by atoms with Crippen molar-refractivity contribution in [1.29, 1.82) is 0 Å². The predicted molar refractivity (Wildman–Crippen MR) is 129 cm³/mol. The standard InChI is InChI=1S/C24H37N7O2/c1-16-5-7-17(8-6-16)13-19-15-33-20(21(32)27-24(2,3)4)14-31(19)18-9-11-30(12-10-18)23-26-22(25)28-29-23/h5-8,18-20H,9-15H2,1-4H3,(H,27,32)(H3,25,26,28,29)/t19-,20+/m0/s1. The molecule has 2 aromatic rings. The van der Waals surface area contributed by atoms with E-state index in [0.717, 1.165) is 32.4 Å². The molecule has 1 amide bonds. The molecule has 0 radical (unpaired) electrons. The molecule has 180 valence electrons. The summed E-state index contributed by atoms with van der Waals surface area (Å²) in [5.41, 5.74) is 7.97. The number of hydrogen-bond donors (Lipinski definition) is 3. The molecule has 2 aliphatic heterocycles. The summed E-state index contributed by atoms with van der Waals surface area (Å²) in [6.07, 6.45) is 2.41. The number of carbonyl (C=O) groups is 1. The quantitative estimate of drug-likeness (QED) is 0.631. The number of nitrogens with two attached hydrogens (primary N) is 1. The van der Waals surface area contributed by atoms with Gasteiger partial charge in [-0.25, -0.2) is 5.10 Å². The fraction of sp³-hybridized carbons (Fsp3) is 0.625. The number of ether oxygens (including phenoxy) is 1. The van der Waals surface area contributed by atoms with Gasteiger partial charge in [0.2, 0.25) is 11.9 Å². The number of anilines is 2. The van der Waals surface area contributed by atoms with Gasteiger partial charge in [0.25, 0.3) is 5.91 Å². The zero-order chi connectivity index (χ0) is 23.6. The summed E-state index contributed by atoms with van der Waals surface area (Å²) in [6, 6.07) is 9.32. The molecule has 2 atom stereocenters. The summed E-state index contributed by atoms with van der Waals surface area (Å²) in [5, 5.41) is 10.0. The van der Waals surface area contributed by atoms with Gasteiger partial charge in [-0.2, -0.15) is 4.98 Å². The van der Waals surface area contributed by atoms with Crippen LogP contribution in [0, 0.1) is 6.92 Å². The monoisotopic (exact) mass is 455 g/mol. The topological polar surface area (TPSA) is 112 Å². The van der Waals surface area contributed by atoms with Crippen molar-refractivity contribution < 1.29 is 9.53 Å². The maximum Gasteiger partial charge on any atom is 0.250 e. The van der Waals surface area contributed by atoms with E-state index in [1.807, 2.05) is 20.8 Å². The average Bonchev–Trinajstić information content (AvgIpc) is 3.21. The molecule has 3 heterocycles. The number of rotatable bonds is 5. The van der Waals surface area contributed by atoms with Gasteiger partial charge in [0.05, 0.1) is 6.61 Å². The summed E-state index contributed by atoms with van der Waals surface area (Å²) in [7, 11) is 0. The molecule has 2 fully saturated rings. The Labute approximate surface area is 196 Å². The number of nitrogen functional groups attached to an aromatic ring is 1. The number of benzene rings is 1. The molecule has 0 unspecified atom stereocenters. The number of aromatic nitrogens is 3. The number of H-pyrrole nitrogens is 1. The van der Waals surface area contributed by atoms with Crippen molar-refractivity contribution in [2.45, 2.75) is 70.7 Å². The number of aromatic amines is 1. The zero-order valence-corrected chi connectivity index (χ0v) is 20.2. The van der Waals surface area contributed by atoms with Gasteiger partial charge in [-0.15, -0.1) is 5.10 Å². The molecule has 1 aromatic carbocycles. The molecular weight excluding hydrogens is 418 g/mol. The van der Waals surface area contributed by atoms with Crippen LogP contribution in [-0.4, -0.2) is 76.0 Å². The van der Waals surface area contributed by atoms with Crippen LogP contribution >= 0.6 is 0 Å². The van der Waals surface area contributed by atoms with Crippen LogP contribution in [0.1, 0.15) is 44.7 Å². The van der Waals surface area contributed by atoms with E-state index in [4.69, 9.17) is 10.5 Å². The van der Waals surface area contributed by atoms with E-state index in [1.54, 1.807) is 0 Å². The average molecular weight is 456 g/mol. The lowest BCUT2D eigenvalue weighted by Crippen LogP contribution is -2.61. The highest BCUT2D eigenvalue weighted by molar-refractivity contribution is 5.81. The number of nitrogens with zero attached hydrogens (tertiary/aromatic N) is 4. The normalized spacial score (nSPS) is 23.0. The first kappa shape index (κ1) is 23.5. The van der Waals surface area contributed by atoms with Gasteiger partial charge >= 0.3 is 0 Å². The Morgan fingerprint density at radius 3 is 2.55 bits per heavy atom. The van der Waals surface area contributed by atoms with Gasteiger partial charge in [0, 0.05) is 37.3 Å². The molecular formula is C24H37N7O2. The second-order valence-corrected chi connectivity index (χ2v) is 10.3. The number of morpholine rings is 1. The van der Waals surface area contributed by atoms with Gasteiger partial charge in [0.15, 0.2) is 0 Å². The molecule has 0 spiro atoms. The van der Waals surface area contributed by atoms with Gasteiger partial charge in [-0.3, -0.25) is 9.69 Å². The smallest absolute Gasteiger partial charge is 0.250 e. The van der Waals surface area contributed by atoms with Crippen molar-refractivity contribution in [3.63, 3.8) is 0 Å². The van der Waals surface area contributed by atoms with Crippen LogP contribution in [0.5, 0.6) is 0 Å². The van der Waals surface area contributed by atoms with E-state index in [9.17, 15) is 4.79 Å². The molecule has 0 saturated carbocycles. The largest absolute Gasteiger partial charge is 0.368 e. The molecule has 2 aliphatic rings. The van der Waals surface area contributed by atoms with Gasteiger partial charge in [-0.1, -0.05) is 29.8 Å². The van der Waals surface area contributed by atoms with Crippen molar-refractivity contribution in [2.24, 2.45) is 0 Å². The third-order valence-electron chi connectivity index (χ3n) is 6.43. The number of aryl methyl sites for hydroxylation is 1. The Balaban J connectivity index is 1.46. The second-order valence-electron chi connectivity index (χ2n) is 10.3. The highest BCUT2D eigenvalue weighted by atomic mass is 16.5. The van der Waals surface area contributed by atoms with Crippen molar-refractivity contribution >= 4 is 17.8 Å². The Morgan fingerprint density at radius 1 is 1.24 bits per heavy atom. The third-order valence-corrected chi connectivity index (χ3v) is 6.43. The lowest BCUT2D eigenvalue weighted by molar-refractivity contribution is -0.146. The van der Waals surface area contributed by atoms with E-state index < -0.39 is 6.10 Å².